The smallest absolute Gasteiger partial charge is 0.332 e. The summed E-state index contributed by atoms with van der Waals surface area (Å²) in [4.78, 5) is 10.5. The summed E-state index contributed by atoms with van der Waals surface area (Å²) in [5.41, 5.74) is 1.26. The molecule has 1 aromatic carbocycles. The third-order valence-electron chi connectivity index (χ3n) is 2.25. The van der Waals surface area contributed by atoms with E-state index < -0.39 is 12.1 Å². The van der Waals surface area contributed by atoms with Crippen LogP contribution in [0.4, 0.5) is 0 Å². The second kappa shape index (κ2) is 4.75. The Bertz CT molecular complexity index is 510. The summed E-state index contributed by atoms with van der Waals surface area (Å²) in [7, 11) is 0. The van der Waals surface area contributed by atoms with E-state index in [1.54, 1.807) is 6.20 Å². The molecule has 0 fully saturated rings. The number of aliphatic carboxylic acids is 1. The summed E-state index contributed by atoms with van der Waals surface area (Å²) < 4.78 is 1.53. The standard InChI is InChI=1S/C11H11N3O3/c15-10(11(16)17)6-8-7-14(13-12-8)9-4-2-1-3-5-9/h1-5,7,10,15H,6H2,(H,16,17). The molecule has 0 aliphatic carbocycles. The molecule has 2 aromatic rings. The maximum absolute atomic E-state index is 10.5. The number of benzene rings is 1. The van der Waals surface area contributed by atoms with Gasteiger partial charge in [0.15, 0.2) is 6.10 Å². The lowest BCUT2D eigenvalue weighted by atomic mass is 10.2. The second-order valence-corrected chi connectivity index (χ2v) is 3.55. The van der Waals surface area contributed by atoms with Crippen molar-refractivity contribution in [3.8, 4) is 5.69 Å². The van der Waals surface area contributed by atoms with Gasteiger partial charge in [0.05, 0.1) is 17.6 Å². The van der Waals surface area contributed by atoms with Crippen molar-refractivity contribution in [2.24, 2.45) is 0 Å². The fraction of sp³-hybridized carbons (Fsp3) is 0.182. The highest BCUT2D eigenvalue weighted by molar-refractivity contribution is 5.72. The summed E-state index contributed by atoms with van der Waals surface area (Å²) in [5.74, 6) is -1.26. The zero-order chi connectivity index (χ0) is 12.3. The Morgan fingerprint density at radius 3 is 2.71 bits per heavy atom. The zero-order valence-electron chi connectivity index (χ0n) is 8.89. The van der Waals surface area contributed by atoms with Crippen molar-refractivity contribution < 1.29 is 15.0 Å². The van der Waals surface area contributed by atoms with Crippen molar-refractivity contribution in [2.75, 3.05) is 0 Å². The minimum atomic E-state index is -1.45. The van der Waals surface area contributed by atoms with Gasteiger partial charge in [-0.25, -0.2) is 9.48 Å². The van der Waals surface area contributed by atoms with Crippen LogP contribution in [0.2, 0.25) is 0 Å². The monoisotopic (exact) mass is 233 g/mol. The van der Waals surface area contributed by atoms with Crippen LogP contribution in [0.1, 0.15) is 5.69 Å². The Balaban J connectivity index is 2.14. The lowest BCUT2D eigenvalue weighted by Crippen LogP contribution is -2.22. The van der Waals surface area contributed by atoms with Crippen molar-refractivity contribution in [3.05, 3.63) is 42.2 Å². The second-order valence-electron chi connectivity index (χ2n) is 3.55. The number of carboxylic acids is 1. The van der Waals surface area contributed by atoms with Crippen LogP contribution in [0, 0.1) is 0 Å². The van der Waals surface area contributed by atoms with Gasteiger partial charge in [-0.05, 0) is 12.1 Å². The summed E-state index contributed by atoms with van der Waals surface area (Å²) in [6, 6.07) is 9.32. The van der Waals surface area contributed by atoms with E-state index in [4.69, 9.17) is 5.11 Å². The van der Waals surface area contributed by atoms with Gasteiger partial charge < -0.3 is 10.2 Å². The highest BCUT2D eigenvalue weighted by Crippen LogP contribution is 2.07. The lowest BCUT2D eigenvalue weighted by Gasteiger charge is -2.00. The van der Waals surface area contributed by atoms with Crippen LogP contribution in [-0.4, -0.2) is 37.3 Å². The molecule has 2 rings (SSSR count). The van der Waals surface area contributed by atoms with Gasteiger partial charge in [-0.15, -0.1) is 5.10 Å². The van der Waals surface area contributed by atoms with Crippen LogP contribution < -0.4 is 0 Å². The molecule has 1 unspecified atom stereocenters. The maximum atomic E-state index is 10.5. The van der Waals surface area contributed by atoms with E-state index in [0.29, 0.717) is 5.69 Å². The molecule has 0 aliphatic rings. The number of hydrogen-bond acceptors (Lipinski definition) is 4. The Kier molecular flexibility index (Phi) is 3.15. The fourth-order valence-electron chi connectivity index (χ4n) is 1.38. The number of aliphatic hydroxyl groups excluding tert-OH is 1. The number of hydrogen-bond donors (Lipinski definition) is 2. The third-order valence-corrected chi connectivity index (χ3v) is 2.25. The van der Waals surface area contributed by atoms with Crippen molar-refractivity contribution >= 4 is 5.97 Å². The summed E-state index contributed by atoms with van der Waals surface area (Å²) in [5, 5.41) is 25.4. The van der Waals surface area contributed by atoms with Crippen LogP contribution >= 0.6 is 0 Å². The van der Waals surface area contributed by atoms with Crippen LogP contribution in [0.25, 0.3) is 5.69 Å². The van der Waals surface area contributed by atoms with Crippen LogP contribution in [0.5, 0.6) is 0 Å². The van der Waals surface area contributed by atoms with E-state index in [0.717, 1.165) is 5.69 Å². The van der Waals surface area contributed by atoms with E-state index >= 15 is 0 Å². The average molecular weight is 233 g/mol. The molecule has 2 N–H and O–H groups in total. The molecule has 0 bridgehead atoms. The van der Waals surface area contributed by atoms with Crippen molar-refractivity contribution in [1.29, 1.82) is 0 Å². The van der Waals surface area contributed by atoms with E-state index in [-0.39, 0.29) is 6.42 Å². The molecule has 0 radical (unpaired) electrons. The Labute approximate surface area is 97.1 Å². The molecule has 88 valence electrons. The minimum absolute atomic E-state index is 0.0534. The van der Waals surface area contributed by atoms with E-state index in [1.165, 1.54) is 4.68 Å². The van der Waals surface area contributed by atoms with Crippen LogP contribution in [0.15, 0.2) is 36.5 Å². The molecule has 1 atom stereocenters. The van der Waals surface area contributed by atoms with Gasteiger partial charge in [-0.3, -0.25) is 0 Å². The lowest BCUT2D eigenvalue weighted by molar-refractivity contribution is -0.146. The number of carboxylic acid groups (broad SMARTS) is 1. The molecule has 6 nitrogen and oxygen atoms in total. The number of rotatable bonds is 4. The molecule has 6 heteroatoms. The third kappa shape index (κ3) is 2.67. The van der Waals surface area contributed by atoms with Gasteiger partial charge in [-0.2, -0.15) is 0 Å². The zero-order valence-corrected chi connectivity index (χ0v) is 8.89. The van der Waals surface area contributed by atoms with Gasteiger partial charge in [0.2, 0.25) is 0 Å². The molecule has 1 heterocycles. The molecule has 1 aromatic heterocycles. The normalized spacial score (nSPS) is 12.3. The molecular formula is C11H11N3O3. The van der Waals surface area contributed by atoms with Crippen molar-refractivity contribution in [3.63, 3.8) is 0 Å². The summed E-state index contributed by atoms with van der Waals surface area (Å²) in [6.07, 6.45) is 0.0971. The van der Waals surface area contributed by atoms with Crippen LogP contribution in [0.3, 0.4) is 0 Å². The first-order chi connectivity index (χ1) is 8.16. The summed E-state index contributed by atoms with van der Waals surface area (Å²) >= 11 is 0. The molecule has 0 aliphatic heterocycles. The van der Waals surface area contributed by atoms with E-state index in [1.807, 2.05) is 30.3 Å². The molecule has 0 saturated heterocycles. The summed E-state index contributed by atoms with van der Waals surface area (Å²) in [6.45, 7) is 0. The molecule has 0 spiro atoms. The number of carbonyl (C=O) groups is 1. The van der Waals surface area contributed by atoms with Gasteiger partial charge in [0.25, 0.3) is 0 Å². The van der Waals surface area contributed by atoms with Crippen molar-refractivity contribution in [2.45, 2.75) is 12.5 Å². The van der Waals surface area contributed by atoms with Gasteiger partial charge in [0, 0.05) is 6.42 Å². The highest BCUT2D eigenvalue weighted by Gasteiger charge is 2.15. The van der Waals surface area contributed by atoms with Gasteiger partial charge >= 0.3 is 5.97 Å². The minimum Gasteiger partial charge on any atom is -0.479 e. The van der Waals surface area contributed by atoms with Crippen LogP contribution in [-0.2, 0) is 11.2 Å². The Morgan fingerprint density at radius 2 is 2.06 bits per heavy atom. The topological polar surface area (TPSA) is 88.2 Å². The fourth-order valence-corrected chi connectivity index (χ4v) is 1.38. The largest absolute Gasteiger partial charge is 0.479 e. The number of nitrogens with zero attached hydrogens (tertiary/aromatic N) is 3. The molecule has 17 heavy (non-hydrogen) atoms. The van der Waals surface area contributed by atoms with E-state index in [2.05, 4.69) is 10.3 Å². The first-order valence-electron chi connectivity index (χ1n) is 5.04. The first kappa shape index (κ1) is 11.3. The predicted octanol–water partition coefficient (Wildman–Crippen LogP) is 0.255. The first-order valence-corrected chi connectivity index (χ1v) is 5.04. The molecule has 0 saturated carbocycles. The SMILES string of the molecule is O=C(O)C(O)Cc1cn(-c2ccccc2)nn1. The Morgan fingerprint density at radius 1 is 1.35 bits per heavy atom. The quantitative estimate of drug-likeness (QED) is 0.790. The Hall–Kier alpha value is -2.21. The van der Waals surface area contributed by atoms with Gasteiger partial charge in [-0.1, -0.05) is 23.4 Å². The number of aromatic nitrogens is 3. The molecular weight excluding hydrogens is 222 g/mol. The van der Waals surface area contributed by atoms with Crippen molar-refractivity contribution in [1.82, 2.24) is 15.0 Å². The maximum Gasteiger partial charge on any atom is 0.332 e. The number of aliphatic hydroxyl groups is 1. The average Bonchev–Trinajstić information content (AvgIpc) is 2.78. The van der Waals surface area contributed by atoms with Gasteiger partial charge in [0.1, 0.15) is 0 Å². The molecule has 0 amide bonds. The highest BCUT2D eigenvalue weighted by atomic mass is 16.4. The predicted molar refractivity (Wildman–Crippen MR) is 58.7 cm³/mol. The number of para-hydroxylation sites is 1. The van der Waals surface area contributed by atoms with E-state index in [9.17, 15) is 9.90 Å².